The van der Waals surface area contributed by atoms with Gasteiger partial charge in [-0.05, 0) is 74.2 Å². The van der Waals surface area contributed by atoms with Gasteiger partial charge in [0.1, 0.15) is 0 Å². The van der Waals surface area contributed by atoms with Crippen LogP contribution in [-0.4, -0.2) is 30.9 Å². The number of fused-ring (bicyclic) bond motifs is 1. The number of nitrogens with zero attached hydrogens (tertiary/aromatic N) is 1. The van der Waals surface area contributed by atoms with E-state index in [-0.39, 0.29) is 23.7 Å². The maximum atomic E-state index is 13.5. The molecule has 6 nitrogen and oxygen atoms in total. The van der Waals surface area contributed by atoms with Crippen molar-refractivity contribution >= 4 is 17.9 Å². The van der Waals surface area contributed by atoms with Crippen LogP contribution >= 0.6 is 0 Å². The number of halogens is 9. The summed E-state index contributed by atoms with van der Waals surface area (Å²) < 4.78 is 129. The van der Waals surface area contributed by atoms with Crippen LogP contribution in [0.2, 0.25) is 0 Å². The second-order valence-electron chi connectivity index (χ2n) is 9.87. The van der Waals surface area contributed by atoms with Gasteiger partial charge in [0.15, 0.2) is 0 Å². The predicted octanol–water partition coefficient (Wildman–Crippen LogP) is 8.29. The Bertz CT molecular complexity index is 1260. The molecule has 0 bridgehead atoms. The molecule has 0 aromatic heterocycles. The Kier molecular flexibility index (Phi) is 9.62. The van der Waals surface area contributed by atoms with Crippen molar-refractivity contribution in [2.24, 2.45) is 0 Å². The highest BCUT2D eigenvalue weighted by Gasteiger charge is 2.40. The average molecular weight is 615 g/mol. The SMILES string of the molecule is CC[C@@H]1C[C@H](NC(=O)OCCc2cc(C(F)(F)F)cc(C(F)(F)F)c2)c2cc(C(F)(F)F)ccc2N1C(=O)OC(C)C. The fourth-order valence-corrected chi connectivity index (χ4v) is 4.53. The van der Waals surface area contributed by atoms with E-state index in [1.165, 1.54) is 4.90 Å². The third kappa shape index (κ3) is 8.00. The van der Waals surface area contributed by atoms with Crippen LogP contribution in [-0.2, 0) is 34.4 Å². The molecule has 1 aliphatic heterocycles. The molecule has 0 fully saturated rings. The second-order valence-corrected chi connectivity index (χ2v) is 9.87. The zero-order chi connectivity index (χ0) is 31.6. The molecule has 232 valence electrons. The van der Waals surface area contributed by atoms with Gasteiger partial charge in [0.2, 0.25) is 0 Å². The van der Waals surface area contributed by atoms with E-state index < -0.39 is 84.2 Å². The van der Waals surface area contributed by atoms with E-state index in [4.69, 9.17) is 9.47 Å². The van der Waals surface area contributed by atoms with E-state index in [0.717, 1.165) is 18.2 Å². The minimum atomic E-state index is -5.05. The van der Waals surface area contributed by atoms with E-state index in [0.29, 0.717) is 18.6 Å². The number of hydrogen-bond acceptors (Lipinski definition) is 4. The molecule has 1 aliphatic rings. The summed E-state index contributed by atoms with van der Waals surface area (Å²) in [6.07, 6.45) is -17.5. The Morgan fingerprint density at radius 1 is 0.905 bits per heavy atom. The molecule has 0 aliphatic carbocycles. The van der Waals surface area contributed by atoms with Crippen LogP contribution in [0.25, 0.3) is 0 Å². The minimum Gasteiger partial charge on any atom is -0.449 e. The van der Waals surface area contributed by atoms with Crippen LogP contribution in [0.1, 0.15) is 67.5 Å². The fraction of sp³-hybridized carbons (Fsp3) is 0.481. The standard InChI is InChI=1S/C27H27F9N2O4/c1-4-19-13-21(20-12-16(25(28,29)30)5-6-22(20)38(19)24(40)42-14(2)3)37-23(39)41-8-7-15-9-17(26(31,32)33)11-18(10-15)27(34,35)36/h5-6,9-12,14,19,21H,4,7-8,13H2,1-3H3,(H,37,39)/t19-,21+/m1/s1. The van der Waals surface area contributed by atoms with Crippen molar-refractivity contribution in [3.05, 3.63) is 64.2 Å². The number of ether oxygens (including phenoxy) is 2. The lowest BCUT2D eigenvalue weighted by atomic mass is 9.89. The molecule has 0 saturated carbocycles. The number of carbonyl (C=O) groups excluding carboxylic acids is 2. The first-order valence-electron chi connectivity index (χ1n) is 12.7. The van der Waals surface area contributed by atoms with Crippen LogP contribution in [0.5, 0.6) is 0 Å². The smallest absolute Gasteiger partial charge is 0.416 e. The molecule has 0 saturated heterocycles. The summed E-state index contributed by atoms with van der Waals surface area (Å²) >= 11 is 0. The molecule has 0 radical (unpaired) electrons. The molecule has 15 heteroatoms. The highest BCUT2D eigenvalue weighted by molar-refractivity contribution is 5.90. The number of hydrogen-bond donors (Lipinski definition) is 1. The lowest BCUT2D eigenvalue weighted by Crippen LogP contribution is -2.48. The van der Waals surface area contributed by atoms with E-state index in [1.807, 2.05) is 0 Å². The molecule has 2 aromatic carbocycles. The lowest BCUT2D eigenvalue weighted by molar-refractivity contribution is -0.143. The maximum Gasteiger partial charge on any atom is 0.416 e. The van der Waals surface area contributed by atoms with E-state index in [9.17, 15) is 49.1 Å². The van der Waals surface area contributed by atoms with Gasteiger partial charge in [0, 0.05) is 12.5 Å². The average Bonchev–Trinajstić information content (AvgIpc) is 2.85. The van der Waals surface area contributed by atoms with Crippen LogP contribution in [0.15, 0.2) is 36.4 Å². The quantitative estimate of drug-likeness (QED) is 0.333. The van der Waals surface area contributed by atoms with Gasteiger partial charge in [-0.3, -0.25) is 4.90 Å². The summed E-state index contributed by atoms with van der Waals surface area (Å²) in [5.41, 5.74) is -4.48. The zero-order valence-corrected chi connectivity index (χ0v) is 22.5. The van der Waals surface area contributed by atoms with Crippen molar-refractivity contribution in [3.63, 3.8) is 0 Å². The molecule has 2 atom stereocenters. The van der Waals surface area contributed by atoms with Gasteiger partial charge in [0.05, 0.1) is 41.1 Å². The highest BCUT2D eigenvalue weighted by Crippen LogP contribution is 2.42. The molecule has 1 heterocycles. The third-order valence-corrected chi connectivity index (χ3v) is 6.43. The fourth-order valence-electron chi connectivity index (χ4n) is 4.53. The van der Waals surface area contributed by atoms with Crippen molar-refractivity contribution in [2.75, 3.05) is 11.5 Å². The van der Waals surface area contributed by atoms with Gasteiger partial charge in [-0.2, -0.15) is 39.5 Å². The van der Waals surface area contributed by atoms with Crippen molar-refractivity contribution < 1.29 is 58.6 Å². The van der Waals surface area contributed by atoms with E-state index in [1.54, 1.807) is 20.8 Å². The van der Waals surface area contributed by atoms with Crippen LogP contribution in [0.4, 0.5) is 54.8 Å². The first-order valence-corrected chi connectivity index (χ1v) is 12.7. The number of alkyl carbamates (subject to hydrolysis) is 1. The number of carbonyl (C=O) groups is 2. The Morgan fingerprint density at radius 2 is 1.48 bits per heavy atom. The van der Waals surface area contributed by atoms with Gasteiger partial charge in [-0.15, -0.1) is 0 Å². The number of anilines is 1. The molecular formula is C27H27F9N2O4. The largest absolute Gasteiger partial charge is 0.449 e. The lowest BCUT2D eigenvalue weighted by Gasteiger charge is -2.40. The summed E-state index contributed by atoms with van der Waals surface area (Å²) in [5, 5.41) is 2.41. The van der Waals surface area contributed by atoms with Crippen molar-refractivity contribution in [1.82, 2.24) is 5.32 Å². The van der Waals surface area contributed by atoms with E-state index in [2.05, 4.69) is 5.32 Å². The van der Waals surface area contributed by atoms with Gasteiger partial charge in [-0.1, -0.05) is 6.92 Å². The van der Waals surface area contributed by atoms with Gasteiger partial charge < -0.3 is 14.8 Å². The first-order chi connectivity index (χ1) is 19.3. The Labute approximate surface area is 234 Å². The van der Waals surface area contributed by atoms with Crippen molar-refractivity contribution in [3.8, 4) is 0 Å². The zero-order valence-electron chi connectivity index (χ0n) is 22.5. The molecule has 1 N–H and O–H groups in total. The maximum absolute atomic E-state index is 13.5. The minimum absolute atomic E-state index is 0.0306. The number of nitrogens with one attached hydrogen (secondary N) is 1. The van der Waals surface area contributed by atoms with Crippen molar-refractivity contribution in [2.45, 2.75) is 76.8 Å². The second kappa shape index (κ2) is 12.3. The predicted molar refractivity (Wildman–Crippen MR) is 132 cm³/mol. The molecule has 3 rings (SSSR count). The molecular weight excluding hydrogens is 587 g/mol. The van der Waals surface area contributed by atoms with Crippen molar-refractivity contribution in [1.29, 1.82) is 0 Å². The summed E-state index contributed by atoms with van der Waals surface area (Å²) in [4.78, 5) is 26.6. The Balaban J connectivity index is 1.82. The number of rotatable bonds is 6. The van der Waals surface area contributed by atoms with Crippen LogP contribution in [0.3, 0.4) is 0 Å². The van der Waals surface area contributed by atoms with Gasteiger partial charge >= 0.3 is 30.7 Å². The molecule has 0 spiro atoms. The van der Waals surface area contributed by atoms with Crippen LogP contribution in [0, 0.1) is 0 Å². The number of benzene rings is 2. The van der Waals surface area contributed by atoms with Gasteiger partial charge in [-0.25, -0.2) is 9.59 Å². The highest BCUT2D eigenvalue weighted by atomic mass is 19.4. The Hall–Kier alpha value is -3.65. The molecule has 2 aromatic rings. The molecule has 0 unspecified atom stereocenters. The third-order valence-electron chi connectivity index (χ3n) is 6.43. The van der Waals surface area contributed by atoms with E-state index >= 15 is 0 Å². The van der Waals surface area contributed by atoms with Crippen LogP contribution < -0.4 is 10.2 Å². The first kappa shape index (κ1) is 32.9. The number of amides is 2. The summed E-state index contributed by atoms with van der Waals surface area (Å²) in [5.74, 6) is 0. The van der Waals surface area contributed by atoms with Gasteiger partial charge in [0.25, 0.3) is 0 Å². The Morgan fingerprint density at radius 3 is 1.98 bits per heavy atom. The molecule has 42 heavy (non-hydrogen) atoms. The topological polar surface area (TPSA) is 67.9 Å². The molecule has 2 amide bonds. The summed E-state index contributed by atoms with van der Waals surface area (Å²) in [7, 11) is 0. The number of alkyl halides is 9. The summed E-state index contributed by atoms with van der Waals surface area (Å²) in [6.45, 7) is 4.28. The monoisotopic (exact) mass is 614 g/mol. The summed E-state index contributed by atoms with van der Waals surface area (Å²) in [6, 6.07) is 1.96. The normalized spacial score (nSPS) is 17.6.